The number of para-hydroxylation sites is 7. The van der Waals surface area contributed by atoms with E-state index in [0.29, 0.717) is 38.8 Å². The minimum absolute atomic E-state index is 0.0218. The van der Waals surface area contributed by atoms with Gasteiger partial charge >= 0.3 is 27.4 Å². The van der Waals surface area contributed by atoms with Gasteiger partial charge in [0.1, 0.15) is 61.6 Å². The Labute approximate surface area is 648 Å². The maximum atomic E-state index is 4.71. The third-order valence-corrected chi connectivity index (χ3v) is 23.4. The summed E-state index contributed by atoms with van der Waals surface area (Å²) < 4.78 is 8.77. The fourth-order valence-corrected chi connectivity index (χ4v) is 17.7. The Kier molecular flexibility index (Phi) is 19.8. The second-order valence-electron chi connectivity index (χ2n) is 32.0. The standard InChI is InChI=1S/C21H20BN5.C20H21BN3.C18H27BN2.C16H19BN3.C13H15BN3/c1-16-25(18-9-4-3-5-10-18)20-21(24-15-14-23-20)26(16)27-19-11-7-6-8-17(19)12-13-22(27)2;1-16-22(3)20(15-23(16)18-10-5-4-6-11-18)24-19-12-8-7-9-17(19)13-14-21(24)2;1-14-17(2,3)13-18(4,5)20(14)21-16-10-8-7-9-15(16)11-12-19(21)6;1-16(2)13-7-5-6-12-8-10-17(3)19(15(12)13)20-14(16)9-11-18(20)4;1-14-9-8-12-6-3-4-7-13(12)17(14)16-11-5-10-15(16)2/h3-16H,1-2H3;4-15H,1-3H3;7-12,14H,13H2,1-6H3;5-11H,1-4H3;3-11H,1-2H3/q;+1;;2*+1/t16-;;;;/m0..../s1. The summed E-state index contributed by atoms with van der Waals surface area (Å²) in [5.74, 6) is 15.5. The molecule has 0 aliphatic carbocycles. The van der Waals surface area contributed by atoms with Gasteiger partial charge in [-0.2, -0.15) is 9.36 Å². The third-order valence-electron chi connectivity index (χ3n) is 23.4. The summed E-state index contributed by atoms with van der Waals surface area (Å²) in [6, 6.07) is 66.6. The molecule has 8 aliphatic rings. The Morgan fingerprint density at radius 1 is 0.459 bits per heavy atom. The topological polar surface area (TPSA) is 78.1 Å². The first-order valence-corrected chi connectivity index (χ1v) is 38.8. The number of anilines is 9. The summed E-state index contributed by atoms with van der Waals surface area (Å²) in [6.07, 6.45) is 24.4. The summed E-state index contributed by atoms with van der Waals surface area (Å²) >= 11 is 0. The molecule has 21 heteroatoms. The summed E-state index contributed by atoms with van der Waals surface area (Å²) in [6.45, 7) is 33.8. The number of rotatable bonds is 6. The molecule has 2 atom stereocenters. The summed E-state index contributed by atoms with van der Waals surface area (Å²) in [5, 5.41) is 4.89. The van der Waals surface area contributed by atoms with E-state index >= 15 is 0 Å². The number of hydrazine groups is 2. The molecule has 8 aliphatic heterocycles. The Balaban J connectivity index is 0.000000109. The van der Waals surface area contributed by atoms with Crippen molar-refractivity contribution in [2.75, 3.05) is 34.4 Å². The monoisotopic (exact) mass is 1440 g/mol. The van der Waals surface area contributed by atoms with Crippen LogP contribution in [0.4, 0.5) is 51.6 Å². The van der Waals surface area contributed by atoms with Gasteiger partial charge in [-0.3, -0.25) is 5.01 Å². The fourth-order valence-electron chi connectivity index (χ4n) is 17.7. The van der Waals surface area contributed by atoms with Crippen LogP contribution in [0.3, 0.4) is 0 Å². The molecule has 0 N–H and O–H groups in total. The van der Waals surface area contributed by atoms with Gasteiger partial charge in [-0.1, -0.05) is 225 Å². The molecule has 546 valence electrons. The first-order chi connectivity index (χ1) is 52.4. The number of benzene rings is 7. The SMILES string of the molecule is CB1C=Cc2cccc3c2N1n1c(cc[n+]1C)C3(C)C.CB1C=Cc2ccccc2N1N1C(C)C(C)(C)CC1(C)C.CB1C=Cc2ccccc2N1N1c2nccnc2N(c2ccccc2)[C@@H]1C.CB1C=Cc2ccccc2N1c1cn(-c2ccccc2)c(C)[n+]1C.CB1C=Cc2ccccc2N1n1ccc[n+]1C. The molecule has 4 aromatic heterocycles. The number of aromatic nitrogens is 8. The van der Waals surface area contributed by atoms with Crippen molar-refractivity contribution in [3.05, 3.63) is 300 Å². The largest absolute Gasteiger partial charge is 0.425 e. The van der Waals surface area contributed by atoms with Gasteiger partial charge < -0.3 is 19.6 Å². The maximum Gasteiger partial charge on any atom is 0.425 e. The molecular formula is C88H102B5N16+3. The van der Waals surface area contributed by atoms with Gasteiger partial charge in [0.15, 0.2) is 11.6 Å². The van der Waals surface area contributed by atoms with Crippen molar-refractivity contribution in [1.29, 1.82) is 0 Å². The van der Waals surface area contributed by atoms with Gasteiger partial charge in [-0.05, 0) is 134 Å². The van der Waals surface area contributed by atoms with Crippen LogP contribution in [-0.4, -0.2) is 81.1 Å². The van der Waals surface area contributed by atoms with Crippen LogP contribution in [0.25, 0.3) is 36.1 Å². The molecule has 109 heavy (non-hydrogen) atoms. The van der Waals surface area contributed by atoms with Crippen LogP contribution in [0.5, 0.6) is 0 Å². The number of hydrogen-bond acceptors (Lipinski definition) is 10. The molecule has 0 radical (unpaired) electrons. The van der Waals surface area contributed by atoms with E-state index in [1.54, 1.807) is 12.4 Å². The van der Waals surface area contributed by atoms with Crippen molar-refractivity contribution in [3.63, 3.8) is 0 Å². The highest BCUT2D eigenvalue weighted by atomic mass is 15.7. The first-order valence-electron chi connectivity index (χ1n) is 38.8. The van der Waals surface area contributed by atoms with Gasteiger partial charge in [-0.25, -0.2) is 34.0 Å². The number of fused-ring (bicyclic) bond motifs is 7. The smallest absolute Gasteiger partial charge is 0.344 e. The van der Waals surface area contributed by atoms with Gasteiger partial charge in [0.25, 0.3) is 6.85 Å². The zero-order chi connectivity index (χ0) is 76.4. The Morgan fingerprint density at radius 3 is 1.50 bits per heavy atom. The van der Waals surface area contributed by atoms with Crippen LogP contribution < -0.4 is 48.3 Å². The van der Waals surface area contributed by atoms with Crippen molar-refractivity contribution in [2.45, 2.75) is 126 Å². The van der Waals surface area contributed by atoms with Crippen molar-refractivity contribution in [2.24, 2.45) is 26.6 Å². The van der Waals surface area contributed by atoms with E-state index in [2.05, 4.69) is 438 Å². The van der Waals surface area contributed by atoms with E-state index in [-0.39, 0.29) is 24.0 Å². The molecule has 19 rings (SSSR count). The van der Waals surface area contributed by atoms with E-state index in [9.17, 15) is 0 Å². The van der Waals surface area contributed by atoms with Crippen molar-refractivity contribution in [1.82, 2.24) is 29.1 Å². The number of imidazole rings is 1. The Morgan fingerprint density at radius 2 is 0.936 bits per heavy atom. The van der Waals surface area contributed by atoms with Crippen molar-refractivity contribution < 1.29 is 13.9 Å². The minimum atomic E-state index is 0.0218. The van der Waals surface area contributed by atoms with E-state index in [4.69, 9.17) is 4.98 Å². The minimum Gasteiger partial charge on any atom is -0.344 e. The molecule has 12 heterocycles. The van der Waals surface area contributed by atoms with Crippen LogP contribution in [0, 0.1) is 12.3 Å². The third kappa shape index (κ3) is 13.3. The lowest BCUT2D eigenvalue weighted by atomic mass is 9.60. The molecule has 16 nitrogen and oxygen atoms in total. The second kappa shape index (κ2) is 29.4. The van der Waals surface area contributed by atoms with Gasteiger partial charge in [-0.15, -0.1) is 0 Å². The van der Waals surface area contributed by atoms with Crippen LogP contribution in [0.2, 0.25) is 34.1 Å². The molecule has 0 saturated carbocycles. The van der Waals surface area contributed by atoms with E-state index < -0.39 is 0 Å². The molecule has 0 spiro atoms. The lowest BCUT2D eigenvalue weighted by Crippen LogP contribution is -2.59. The van der Waals surface area contributed by atoms with E-state index in [0.717, 1.165) is 17.3 Å². The van der Waals surface area contributed by atoms with Gasteiger partial charge in [0.2, 0.25) is 11.6 Å². The summed E-state index contributed by atoms with van der Waals surface area (Å²) in [4.78, 5) is 28.0. The van der Waals surface area contributed by atoms with E-state index in [1.807, 2.05) is 25.4 Å². The average molecular weight is 1440 g/mol. The highest BCUT2D eigenvalue weighted by Crippen LogP contribution is 2.50. The zero-order valence-electron chi connectivity index (χ0n) is 66.5. The maximum absolute atomic E-state index is 4.71. The van der Waals surface area contributed by atoms with Crippen molar-refractivity contribution >= 4 is 116 Å². The number of aryl methyl sites for hydroxylation is 2. The summed E-state index contributed by atoms with van der Waals surface area (Å²) in [7, 11) is 6.30. The van der Waals surface area contributed by atoms with Crippen LogP contribution in [0.1, 0.15) is 107 Å². The molecule has 1 saturated heterocycles. The lowest BCUT2D eigenvalue weighted by molar-refractivity contribution is -0.752. The summed E-state index contributed by atoms with van der Waals surface area (Å²) in [5.41, 5.74) is 18.3. The Hall–Kier alpha value is -11.2. The average Bonchev–Trinajstić information content (AvgIpc) is 1.71. The second-order valence-corrected chi connectivity index (χ2v) is 32.0. The van der Waals surface area contributed by atoms with Crippen molar-refractivity contribution in [3.8, 4) is 5.69 Å². The predicted octanol–water partition coefficient (Wildman–Crippen LogP) is 17.0. The van der Waals surface area contributed by atoms with E-state index in [1.165, 1.54) is 91.3 Å². The Bertz CT molecular complexity index is 5310. The molecule has 1 fully saturated rings. The molecule has 0 bridgehead atoms. The molecule has 11 aromatic rings. The highest BCUT2D eigenvalue weighted by Gasteiger charge is 2.53. The number of nitrogens with zero attached hydrogens (tertiary/aromatic N) is 16. The normalized spacial score (nSPS) is 18.1. The van der Waals surface area contributed by atoms with Crippen LogP contribution in [0.15, 0.2) is 255 Å². The van der Waals surface area contributed by atoms with Gasteiger partial charge in [0, 0.05) is 82.1 Å². The highest BCUT2D eigenvalue weighted by molar-refractivity contribution is 6.71. The fraction of sp³-hybridized carbons (Fsp3) is 0.261. The van der Waals surface area contributed by atoms with Crippen LogP contribution in [-0.2, 0) is 26.6 Å². The first kappa shape index (κ1) is 73.4. The zero-order valence-corrected chi connectivity index (χ0v) is 66.5. The number of hydrogen-bond donors (Lipinski definition) is 0. The van der Waals surface area contributed by atoms with Crippen LogP contribution >= 0.6 is 0 Å². The predicted molar refractivity (Wildman–Crippen MR) is 460 cm³/mol. The molecule has 7 aromatic carbocycles. The molecular weight excluding hydrogens is 1340 g/mol. The van der Waals surface area contributed by atoms with Gasteiger partial charge in [0.05, 0.1) is 24.6 Å². The molecule has 1 unspecified atom stereocenters. The lowest BCUT2D eigenvalue weighted by Gasteiger charge is -2.48. The molecule has 0 amide bonds. The quantitative estimate of drug-likeness (QED) is 0.119.